The first-order valence-corrected chi connectivity index (χ1v) is 11.1. The predicted molar refractivity (Wildman–Crippen MR) is 127 cm³/mol. The summed E-state index contributed by atoms with van der Waals surface area (Å²) in [7, 11) is 0. The zero-order valence-corrected chi connectivity index (χ0v) is 18.1. The van der Waals surface area contributed by atoms with Crippen LogP contribution in [0.5, 0.6) is 0 Å². The van der Waals surface area contributed by atoms with E-state index in [-0.39, 0.29) is 16.8 Å². The van der Waals surface area contributed by atoms with Crippen molar-refractivity contribution in [3.8, 4) is 0 Å². The molecule has 0 aromatic heterocycles. The lowest BCUT2D eigenvalue weighted by Gasteiger charge is -2.25. The maximum absolute atomic E-state index is 13.4. The second kappa shape index (κ2) is 10.7. The quantitative estimate of drug-likeness (QED) is 0.320. The van der Waals surface area contributed by atoms with Crippen LogP contribution in [0.25, 0.3) is 6.08 Å². The summed E-state index contributed by atoms with van der Waals surface area (Å²) in [5.41, 5.74) is 4.05. The number of rotatable bonds is 8. The van der Waals surface area contributed by atoms with Crippen molar-refractivity contribution in [2.45, 2.75) is 19.8 Å². The molecule has 3 rings (SSSR count). The summed E-state index contributed by atoms with van der Waals surface area (Å²) in [4.78, 5) is 26.5. The van der Waals surface area contributed by atoms with E-state index in [1.807, 2.05) is 98.8 Å². The number of ketones is 1. The van der Waals surface area contributed by atoms with Gasteiger partial charge in [0.05, 0.1) is 0 Å². The summed E-state index contributed by atoms with van der Waals surface area (Å²) < 4.78 is 0. The average molecular weight is 415 g/mol. The number of allylic oxidation sites excluding steroid dienone is 1. The smallest absolute Gasteiger partial charge is 0.200 e. The molecule has 30 heavy (non-hydrogen) atoms. The van der Waals surface area contributed by atoms with E-state index in [1.165, 1.54) is 17.3 Å². The Labute approximate surface area is 183 Å². The number of hydrogen-bond donors (Lipinski definition) is 0. The van der Waals surface area contributed by atoms with Crippen molar-refractivity contribution in [3.63, 3.8) is 0 Å². The zero-order valence-electron chi connectivity index (χ0n) is 17.3. The van der Waals surface area contributed by atoms with Gasteiger partial charge in [0.2, 0.25) is 5.12 Å². The first kappa shape index (κ1) is 21.8. The molecule has 2 nitrogen and oxygen atoms in total. The lowest BCUT2D eigenvalue weighted by Crippen LogP contribution is -2.28. The van der Waals surface area contributed by atoms with E-state index >= 15 is 0 Å². The van der Waals surface area contributed by atoms with Crippen LogP contribution in [0.15, 0.2) is 91.0 Å². The summed E-state index contributed by atoms with van der Waals surface area (Å²) in [6, 6.07) is 27.6. The van der Waals surface area contributed by atoms with Gasteiger partial charge >= 0.3 is 0 Å². The molecule has 0 amide bonds. The van der Waals surface area contributed by atoms with E-state index in [0.717, 1.165) is 16.7 Å². The fourth-order valence-corrected chi connectivity index (χ4v) is 4.22. The number of benzene rings is 3. The van der Waals surface area contributed by atoms with E-state index in [9.17, 15) is 9.59 Å². The molecular formula is C27H26O2S. The Bertz CT molecular complexity index is 953. The summed E-state index contributed by atoms with van der Waals surface area (Å²) in [6.07, 6.45) is 3.36. The maximum Gasteiger partial charge on any atom is 0.200 e. The number of carbonyl (C=O) groups is 2. The standard InChI is InChI=1S/C27H26O2S/c1-3-30-27(29)26(24(28)19-18-21-16-14-20(2)15-17-21)25(22-10-6-4-7-11-22)23-12-8-5-9-13-23/h4-19,25-26H,3H2,1-2H3/b19-18+. The van der Waals surface area contributed by atoms with Crippen LogP contribution in [-0.2, 0) is 9.59 Å². The van der Waals surface area contributed by atoms with Crippen molar-refractivity contribution >= 4 is 28.7 Å². The van der Waals surface area contributed by atoms with Crippen LogP contribution in [0.2, 0.25) is 0 Å². The van der Waals surface area contributed by atoms with Gasteiger partial charge in [0.1, 0.15) is 5.92 Å². The molecule has 0 aliphatic carbocycles. The van der Waals surface area contributed by atoms with E-state index in [0.29, 0.717) is 5.75 Å². The fraction of sp³-hybridized carbons (Fsp3) is 0.185. The van der Waals surface area contributed by atoms with Crippen LogP contribution in [0.3, 0.4) is 0 Å². The topological polar surface area (TPSA) is 34.1 Å². The third kappa shape index (κ3) is 5.58. The minimum atomic E-state index is -0.776. The van der Waals surface area contributed by atoms with Gasteiger partial charge in [-0.25, -0.2) is 0 Å². The molecule has 1 unspecified atom stereocenters. The highest BCUT2D eigenvalue weighted by Gasteiger charge is 2.35. The Morgan fingerprint density at radius 2 is 1.37 bits per heavy atom. The van der Waals surface area contributed by atoms with Crippen LogP contribution in [0, 0.1) is 12.8 Å². The molecule has 0 fully saturated rings. The molecule has 152 valence electrons. The molecular weight excluding hydrogens is 388 g/mol. The minimum absolute atomic E-state index is 0.0891. The van der Waals surface area contributed by atoms with Crippen molar-refractivity contribution in [2.24, 2.45) is 5.92 Å². The molecule has 0 aliphatic heterocycles. The first-order valence-electron chi connectivity index (χ1n) is 10.1. The summed E-state index contributed by atoms with van der Waals surface area (Å²) in [5.74, 6) is -0.629. The minimum Gasteiger partial charge on any atom is -0.294 e. The zero-order chi connectivity index (χ0) is 21.3. The SMILES string of the molecule is CCSC(=O)C(C(=O)/C=C/c1ccc(C)cc1)C(c1ccccc1)c1ccccc1. The second-order valence-electron chi connectivity index (χ2n) is 7.18. The molecule has 0 aliphatic rings. The van der Waals surface area contributed by atoms with E-state index in [1.54, 1.807) is 12.2 Å². The molecule has 3 aromatic carbocycles. The van der Waals surface area contributed by atoms with Crippen LogP contribution < -0.4 is 0 Å². The molecule has 0 radical (unpaired) electrons. The van der Waals surface area contributed by atoms with Gasteiger partial charge in [-0.05, 0) is 35.4 Å². The van der Waals surface area contributed by atoms with Crippen molar-refractivity contribution in [2.75, 3.05) is 5.75 Å². The molecule has 0 N–H and O–H groups in total. The van der Waals surface area contributed by atoms with Crippen molar-refractivity contribution in [1.82, 2.24) is 0 Å². The van der Waals surface area contributed by atoms with Crippen molar-refractivity contribution in [1.29, 1.82) is 0 Å². The average Bonchev–Trinajstić information content (AvgIpc) is 2.78. The number of aryl methyl sites for hydroxylation is 1. The molecule has 0 saturated carbocycles. The summed E-state index contributed by atoms with van der Waals surface area (Å²) in [5, 5.41) is -0.0891. The van der Waals surface area contributed by atoms with Crippen LogP contribution in [0.1, 0.15) is 35.1 Å². The number of carbonyl (C=O) groups excluding carboxylic acids is 2. The predicted octanol–water partition coefficient (Wildman–Crippen LogP) is 6.31. The summed E-state index contributed by atoms with van der Waals surface area (Å²) in [6.45, 7) is 3.96. The largest absolute Gasteiger partial charge is 0.294 e. The molecule has 1 atom stereocenters. The van der Waals surface area contributed by atoms with E-state index in [4.69, 9.17) is 0 Å². The molecule has 3 aromatic rings. The highest BCUT2D eigenvalue weighted by atomic mass is 32.2. The Balaban J connectivity index is 2.02. The lowest BCUT2D eigenvalue weighted by molar-refractivity contribution is -0.125. The van der Waals surface area contributed by atoms with Gasteiger partial charge in [-0.3, -0.25) is 9.59 Å². The molecule has 0 saturated heterocycles. The van der Waals surface area contributed by atoms with Crippen molar-refractivity contribution in [3.05, 3.63) is 113 Å². The third-order valence-electron chi connectivity index (χ3n) is 5.02. The highest BCUT2D eigenvalue weighted by Crippen LogP contribution is 2.36. The monoisotopic (exact) mass is 414 g/mol. The van der Waals surface area contributed by atoms with Gasteiger partial charge in [-0.1, -0.05) is 115 Å². The lowest BCUT2D eigenvalue weighted by atomic mass is 9.79. The van der Waals surface area contributed by atoms with Crippen LogP contribution in [0.4, 0.5) is 0 Å². The third-order valence-corrected chi connectivity index (χ3v) is 5.84. The normalized spacial score (nSPS) is 12.2. The first-order chi connectivity index (χ1) is 14.6. The maximum atomic E-state index is 13.4. The second-order valence-corrected chi connectivity index (χ2v) is 8.44. The van der Waals surface area contributed by atoms with Gasteiger partial charge in [0.15, 0.2) is 5.78 Å². The highest BCUT2D eigenvalue weighted by molar-refractivity contribution is 8.13. The Hall–Kier alpha value is -2.91. The van der Waals surface area contributed by atoms with Crippen molar-refractivity contribution < 1.29 is 9.59 Å². The Morgan fingerprint density at radius 1 is 0.833 bits per heavy atom. The molecule has 0 spiro atoms. The Kier molecular flexibility index (Phi) is 7.81. The number of hydrogen-bond acceptors (Lipinski definition) is 3. The Morgan fingerprint density at radius 3 is 1.87 bits per heavy atom. The van der Waals surface area contributed by atoms with Gasteiger partial charge in [-0.2, -0.15) is 0 Å². The molecule has 0 heterocycles. The van der Waals surface area contributed by atoms with Gasteiger partial charge in [-0.15, -0.1) is 0 Å². The van der Waals surface area contributed by atoms with E-state index in [2.05, 4.69) is 0 Å². The number of thioether (sulfide) groups is 1. The van der Waals surface area contributed by atoms with Gasteiger partial charge in [0, 0.05) is 5.92 Å². The molecule has 0 bridgehead atoms. The molecule has 3 heteroatoms. The van der Waals surface area contributed by atoms with Gasteiger partial charge in [0.25, 0.3) is 0 Å². The van der Waals surface area contributed by atoms with Crippen LogP contribution >= 0.6 is 11.8 Å². The fourth-order valence-electron chi connectivity index (χ4n) is 3.51. The van der Waals surface area contributed by atoms with Crippen LogP contribution in [-0.4, -0.2) is 16.7 Å². The van der Waals surface area contributed by atoms with E-state index < -0.39 is 5.92 Å². The summed E-state index contributed by atoms with van der Waals surface area (Å²) >= 11 is 1.22. The van der Waals surface area contributed by atoms with Gasteiger partial charge < -0.3 is 0 Å².